The van der Waals surface area contributed by atoms with E-state index in [2.05, 4.69) is 30.8 Å². The molecular formula is C8H14BrN3O2S. The van der Waals surface area contributed by atoms with Crippen LogP contribution in [-0.4, -0.2) is 23.4 Å². The summed E-state index contributed by atoms with van der Waals surface area (Å²) in [5.74, 6) is 0.294. The minimum Gasteiger partial charge on any atom is -0.280 e. The van der Waals surface area contributed by atoms with Gasteiger partial charge >= 0.3 is 0 Å². The van der Waals surface area contributed by atoms with Crippen LogP contribution < -0.4 is 4.72 Å². The molecule has 0 unspecified atom stereocenters. The van der Waals surface area contributed by atoms with Crippen LogP contribution in [0, 0.1) is 6.92 Å². The molecule has 1 heterocycles. The van der Waals surface area contributed by atoms with Crippen LogP contribution in [0.25, 0.3) is 0 Å². The molecule has 0 bridgehead atoms. The van der Waals surface area contributed by atoms with Crippen LogP contribution in [0.15, 0.2) is 4.47 Å². The molecule has 2 N–H and O–H groups in total. The van der Waals surface area contributed by atoms with Gasteiger partial charge < -0.3 is 0 Å². The van der Waals surface area contributed by atoms with Crippen LogP contribution in [0.3, 0.4) is 0 Å². The molecule has 1 aromatic heterocycles. The zero-order valence-electron chi connectivity index (χ0n) is 9.05. The predicted octanol–water partition coefficient (Wildman–Crippen LogP) is 2.02. The van der Waals surface area contributed by atoms with E-state index in [0.29, 0.717) is 10.3 Å². The van der Waals surface area contributed by atoms with Gasteiger partial charge in [0, 0.05) is 5.69 Å². The van der Waals surface area contributed by atoms with E-state index < -0.39 is 14.8 Å². The maximum Gasteiger partial charge on any atom is 0.238 e. The van der Waals surface area contributed by atoms with E-state index >= 15 is 0 Å². The Labute approximate surface area is 97.8 Å². The third-order valence-electron chi connectivity index (χ3n) is 1.91. The number of aromatic nitrogens is 2. The average Bonchev–Trinajstić information content (AvgIpc) is 2.33. The molecule has 1 rings (SSSR count). The van der Waals surface area contributed by atoms with Crippen LogP contribution in [0.4, 0.5) is 5.82 Å². The molecule has 0 atom stereocenters. The summed E-state index contributed by atoms with van der Waals surface area (Å²) in [4.78, 5) is 0. The third kappa shape index (κ3) is 2.52. The van der Waals surface area contributed by atoms with Crippen molar-refractivity contribution in [1.82, 2.24) is 10.2 Å². The molecule has 0 saturated carbocycles. The number of halogens is 1. The number of nitrogens with zero attached hydrogens (tertiary/aromatic N) is 1. The van der Waals surface area contributed by atoms with Crippen LogP contribution in [0.2, 0.25) is 0 Å². The van der Waals surface area contributed by atoms with Gasteiger partial charge in [0.25, 0.3) is 0 Å². The fraction of sp³-hybridized carbons (Fsp3) is 0.625. The Morgan fingerprint density at radius 3 is 2.27 bits per heavy atom. The van der Waals surface area contributed by atoms with E-state index in [4.69, 9.17) is 0 Å². The minimum atomic E-state index is -3.42. The molecule has 0 aliphatic carbocycles. The van der Waals surface area contributed by atoms with E-state index in [-0.39, 0.29) is 0 Å². The Morgan fingerprint density at radius 2 is 1.93 bits per heavy atom. The van der Waals surface area contributed by atoms with Gasteiger partial charge in [0.05, 0.1) is 9.22 Å². The zero-order chi connectivity index (χ0) is 11.9. The maximum absolute atomic E-state index is 11.8. The van der Waals surface area contributed by atoms with Crippen molar-refractivity contribution in [1.29, 1.82) is 0 Å². The van der Waals surface area contributed by atoms with Gasteiger partial charge in [-0.15, -0.1) is 0 Å². The van der Waals surface area contributed by atoms with E-state index in [1.807, 2.05) is 0 Å². The van der Waals surface area contributed by atoms with E-state index in [9.17, 15) is 8.42 Å². The largest absolute Gasteiger partial charge is 0.280 e. The molecule has 86 valence electrons. The van der Waals surface area contributed by atoms with Crippen molar-refractivity contribution in [3.63, 3.8) is 0 Å². The minimum absolute atomic E-state index is 0.294. The standard InChI is InChI=1S/C8H14BrN3O2S/c1-5-6(9)7(11-10-5)12-15(13,14)8(2,3)4/h1-4H3,(H2,10,11,12). The second-order valence-corrected chi connectivity index (χ2v) is 7.46. The summed E-state index contributed by atoms with van der Waals surface area (Å²) in [6, 6.07) is 0. The Balaban J connectivity index is 3.03. The molecule has 0 spiro atoms. The van der Waals surface area contributed by atoms with Crippen molar-refractivity contribution < 1.29 is 8.42 Å². The smallest absolute Gasteiger partial charge is 0.238 e. The highest BCUT2D eigenvalue weighted by Crippen LogP contribution is 2.26. The molecular weight excluding hydrogens is 282 g/mol. The van der Waals surface area contributed by atoms with Gasteiger partial charge in [0.2, 0.25) is 10.0 Å². The molecule has 0 aromatic carbocycles. The van der Waals surface area contributed by atoms with Gasteiger partial charge in [-0.2, -0.15) is 5.10 Å². The summed E-state index contributed by atoms with van der Waals surface area (Å²) in [7, 11) is -3.42. The van der Waals surface area contributed by atoms with Crippen molar-refractivity contribution in [2.45, 2.75) is 32.4 Å². The van der Waals surface area contributed by atoms with Gasteiger partial charge in [0.1, 0.15) is 0 Å². The van der Waals surface area contributed by atoms with Crippen LogP contribution in [-0.2, 0) is 10.0 Å². The van der Waals surface area contributed by atoms with Gasteiger partial charge in [-0.05, 0) is 43.6 Å². The summed E-state index contributed by atoms with van der Waals surface area (Å²) >= 11 is 3.25. The second kappa shape index (κ2) is 3.79. The SMILES string of the molecule is Cc1[nH]nc(NS(=O)(=O)C(C)(C)C)c1Br. The first kappa shape index (κ1) is 12.5. The first-order valence-electron chi connectivity index (χ1n) is 4.38. The molecule has 0 saturated heterocycles. The molecule has 1 aromatic rings. The number of nitrogens with one attached hydrogen (secondary N) is 2. The number of hydrogen-bond acceptors (Lipinski definition) is 3. The molecule has 0 amide bonds. The lowest BCUT2D eigenvalue weighted by Crippen LogP contribution is -2.33. The first-order chi connectivity index (χ1) is 6.65. The van der Waals surface area contributed by atoms with Crippen molar-refractivity contribution in [2.24, 2.45) is 0 Å². The molecule has 15 heavy (non-hydrogen) atoms. The lowest BCUT2D eigenvalue weighted by atomic mass is 10.3. The number of rotatable bonds is 2. The predicted molar refractivity (Wildman–Crippen MR) is 63.3 cm³/mol. The van der Waals surface area contributed by atoms with E-state index in [1.54, 1.807) is 27.7 Å². The molecule has 0 aliphatic rings. The molecule has 0 aliphatic heterocycles. The Bertz CT molecular complexity index is 459. The summed E-state index contributed by atoms with van der Waals surface area (Å²) in [5.41, 5.74) is 0.779. The summed E-state index contributed by atoms with van der Waals surface area (Å²) < 4.78 is 25.8. The first-order valence-corrected chi connectivity index (χ1v) is 6.65. The molecule has 0 fully saturated rings. The Kier molecular flexibility index (Phi) is 3.16. The second-order valence-electron chi connectivity index (χ2n) is 4.23. The van der Waals surface area contributed by atoms with Crippen LogP contribution in [0.5, 0.6) is 0 Å². The average molecular weight is 296 g/mol. The number of anilines is 1. The zero-order valence-corrected chi connectivity index (χ0v) is 11.5. The number of hydrogen-bond donors (Lipinski definition) is 2. The lowest BCUT2D eigenvalue weighted by Gasteiger charge is -2.19. The van der Waals surface area contributed by atoms with Crippen molar-refractivity contribution >= 4 is 31.8 Å². The number of aryl methyl sites for hydroxylation is 1. The van der Waals surface area contributed by atoms with Gasteiger partial charge in [-0.1, -0.05) is 0 Å². The van der Waals surface area contributed by atoms with Gasteiger partial charge in [-0.3, -0.25) is 9.82 Å². The highest BCUT2D eigenvalue weighted by Gasteiger charge is 2.30. The van der Waals surface area contributed by atoms with E-state index in [0.717, 1.165) is 5.69 Å². The number of sulfonamides is 1. The fourth-order valence-electron chi connectivity index (χ4n) is 0.764. The third-order valence-corrected chi connectivity index (χ3v) is 4.95. The molecule has 5 nitrogen and oxygen atoms in total. The summed E-state index contributed by atoms with van der Waals surface area (Å²) in [5, 5.41) is 6.54. The molecule has 7 heteroatoms. The quantitative estimate of drug-likeness (QED) is 0.876. The fourth-order valence-corrected chi connectivity index (χ4v) is 1.88. The normalized spacial score (nSPS) is 12.9. The maximum atomic E-state index is 11.8. The number of H-pyrrole nitrogens is 1. The lowest BCUT2D eigenvalue weighted by molar-refractivity contribution is 0.565. The summed E-state index contributed by atoms with van der Waals surface area (Å²) in [6.45, 7) is 6.68. The molecule has 0 radical (unpaired) electrons. The van der Waals surface area contributed by atoms with Crippen LogP contribution in [0.1, 0.15) is 26.5 Å². The highest BCUT2D eigenvalue weighted by molar-refractivity contribution is 9.10. The summed E-state index contributed by atoms with van der Waals surface area (Å²) in [6.07, 6.45) is 0. The number of aromatic amines is 1. The van der Waals surface area contributed by atoms with Crippen molar-refractivity contribution in [3.05, 3.63) is 10.2 Å². The monoisotopic (exact) mass is 295 g/mol. The Hall–Kier alpha value is -0.560. The van der Waals surface area contributed by atoms with Crippen molar-refractivity contribution in [2.75, 3.05) is 4.72 Å². The highest BCUT2D eigenvalue weighted by atomic mass is 79.9. The topological polar surface area (TPSA) is 74.8 Å². The van der Waals surface area contributed by atoms with E-state index in [1.165, 1.54) is 0 Å². The van der Waals surface area contributed by atoms with Crippen LogP contribution >= 0.6 is 15.9 Å². The van der Waals surface area contributed by atoms with Gasteiger partial charge in [-0.25, -0.2) is 8.42 Å². The van der Waals surface area contributed by atoms with Crippen molar-refractivity contribution in [3.8, 4) is 0 Å². The Morgan fingerprint density at radius 1 is 1.40 bits per heavy atom. The van der Waals surface area contributed by atoms with Gasteiger partial charge in [0.15, 0.2) is 5.82 Å².